The smallest absolute Gasteiger partial charge is 0.331 e. The fourth-order valence-corrected chi connectivity index (χ4v) is 4.74. The summed E-state index contributed by atoms with van der Waals surface area (Å²) in [5.41, 5.74) is 0.787. The minimum atomic E-state index is -0.295. The molecule has 0 heterocycles. The van der Waals surface area contributed by atoms with Crippen LogP contribution in [0.3, 0.4) is 0 Å². The van der Waals surface area contributed by atoms with Gasteiger partial charge in [-0.1, -0.05) is 85.0 Å². The molecule has 0 amide bonds. The summed E-state index contributed by atoms with van der Waals surface area (Å²) in [6.45, 7) is 8.57. The van der Waals surface area contributed by atoms with E-state index in [4.69, 9.17) is 18.9 Å². The molecule has 1 saturated carbocycles. The van der Waals surface area contributed by atoms with E-state index in [1.54, 1.807) is 6.08 Å². The summed E-state index contributed by atoms with van der Waals surface area (Å²) in [4.78, 5) is 12.7. The maximum atomic E-state index is 12.7. The van der Waals surface area contributed by atoms with E-state index < -0.39 is 0 Å². The van der Waals surface area contributed by atoms with Gasteiger partial charge in [-0.3, -0.25) is 0 Å². The molecule has 1 aromatic carbocycles. The van der Waals surface area contributed by atoms with E-state index >= 15 is 0 Å². The number of ether oxygens (including phenoxy) is 4. The molecule has 0 atom stereocenters. The van der Waals surface area contributed by atoms with Crippen LogP contribution in [0.5, 0.6) is 17.2 Å². The first kappa shape index (κ1) is 32.0. The predicted molar refractivity (Wildman–Crippen MR) is 157 cm³/mol. The van der Waals surface area contributed by atoms with Crippen molar-refractivity contribution in [1.29, 1.82) is 0 Å². The zero-order chi connectivity index (χ0) is 27.3. The SMILES string of the molecule is CCCCCCOc1cc(OCCCCCC)c(C=CC(=O)OC2CCCCC2)c(OCCCCCC)c1. The maximum Gasteiger partial charge on any atom is 0.331 e. The molecule has 1 aliphatic rings. The van der Waals surface area contributed by atoms with Crippen molar-refractivity contribution in [1.82, 2.24) is 0 Å². The largest absolute Gasteiger partial charge is 0.493 e. The molecule has 216 valence electrons. The number of hydrogen-bond acceptors (Lipinski definition) is 5. The van der Waals surface area contributed by atoms with Gasteiger partial charge in [-0.25, -0.2) is 4.79 Å². The van der Waals surface area contributed by atoms with Crippen LogP contribution >= 0.6 is 0 Å². The molecule has 1 fully saturated rings. The predicted octanol–water partition coefficient (Wildman–Crippen LogP) is 9.45. The van der Waals surface area contributed by atoms with E-state index in [0.29, 0.717) is 31.3 Å². The lowest BCUT2D eigenvalue weighted by Gasteiger charge is -2.21. The lowest BCUT2D eigenvalue weighted by Crippen LogP contribution is -2.19. The molecule has 5 nitrogen and oxygen atoms in total. The number of carbonyl (C=O) groups excluding carboxylic acids is 1. The van der Waals surface area contributed by atoms with Crippen molar-refractivity contribution < 1.29 is 23.7 Å². The molecule has 0 radical (unpaired) electrons. The molecule has 0 aliphatic heterocycles. The molecule has 38 heavy (non-hydrogen) atoms. The highest BCUT2D eigenvalue weighted by Gasteiger charge is 2.18. The van der Waals surface area contributed by atoms with Crippen molar-refractivity contribution in [2.24, 2.45) is 0 Å². The van der Waals surface area contributed by atoms with Gasteiger partial charge >= 0.3 is 5.97 Å². The molecule has 0 saturated heterocycles. The van der Waals surface area contributed by atoms with Crippen LogP contribution in [0.2, 0.25) is 0 Å². The molecular weight excluding hydrogens is 476 g/mol. The summed E-state index contributed by atoms with van der Waals surface area (Å²) in [7, 11) is 0. The van der Waals surface area contributed by atoms with E-state index in [1.165, 1.54) is 57.4 Å². The van der Waals surface area contributed by atoms with Crippen molar-refractivity contribution in [3.05, 3.63) is 23.8 Å². The van der Waals surface area contributed by atoms with E-state index in [1.807, 2.05) is 12.1 Å². The van der Waals surface area contributed by atoms with E-state index in [2.05, 4.69) is 20.8 Å². The van der Waals surface area contributed by atoms with Crippen LogP contribution in [0.25, 0.3) is 6.08 Å². The molecule has 1 aromatic rings. The van der Waals surface area contributed by atoms with Crippen molar-refractivity contribution >= 4 is 12.0 Å². The summed E-state index contributed by atoms with van der Waals surface area (Å²) in [5.74, 6) is 1.88. The van der Waals surface area contributed by atoms with Gasteiger partial charge in [0.2, 0.25) is 0 Å². The first-order valence-corrected chi connectivity index (χ1v) is 15.6. The van der Waals surface area contributed by atoms with Gasteiger partial charge in [0, 0.05) is 18.2 Å². The molecule has 0 spiro atoms. The molecule has 5 heteroatoms. The Balaban J connectivity index is 2.20. The highest BCUT2D eigenvalue weighted by atomic mass is 16.5. The monoisotopic (exact) mass is 530 g/mol. The van der Waals surface area contributed by atoms with Gasteiger partial charge in [0.15, 0.2) is 0 Å². The van der Waals surface area contributed by atoms with Crippen LogP contribution in [0.1, 0.15) is 135 Å². The van der Waals surface area contributed by atoms with E-state index in [0.717, 1.165) is 69.1 Å². The van der Waals surface area contributed by atoms with Crippen LogP contribution in [0.15, 0.2) is 18.2 Å². The minimum absolute atomic E-state index is 0.0351. The molecule has 0 N–H and O–H groups in total. The average Bonchev–Trinajstić information content (AvgIpc) is 2.92. The van der Waals surface area contributed by atoms with Gasteiger partial charge < -0.3 is 18.9 Å². The number of esters is 1. The Kier molecular flexibility index (Phi) is 17.5. The van der Waals surface area contributed by atoms with Gasteiger partial charge in [0.25, 0.3) is 0 Å². The third kappa shape index (κ3) is 13.6. The van der Waals surface area contributed by atoms with Crippen molar-refractivity contribution in [3.8, 4) is 17.2 Å². The minimum Gasteiger partial charge on any atom is -0.493 e. The van der Waals surface area contributed by atoms with Crippen molar-refractivity contribution in [3.63, 3.8) is 0 Å². The second-order valence-electron chi connectivity index (χ2n) is 10.6. The Morgan fingerprint density at radius 1 is 0.711 bits per heavy atom. The number of rotatable bonds is 21. The molecule has 0 aromatic heterocycles. The fraction of sp³-hybridized carbons (Fsp3) is 0.727. The highest BCUT2D eigenvalue weighted by molar-refractivity contribution is 5.88. The van der Waals surface area contributed by atoms with Crippen LogP contribution in [-0.2, 0) is 9.53 Å². The standard InChI is InChI=1S/C33H54O5/c1-4-7-10-16-23-35-29-26-31(36-24-17-11-8-5-2)30(32(27-29)37-25-18-12-9-6-3)21-22-33(34)38-28-19-14-13-15-20-28/h21-22,26-28H,4-20,23-25H2,1-3H3. The van der Waals surface area contributed by atoms with Crippen molar-refractivity contribution in [2.45, 2.75) is 136 Å². The Morgan fingerprint density at radius 2 is 1.21 bits per heavy atom. The first-order valence-electron chi connectivity index (χ1n) is 15.6. The van der Waals surface area contributed by atoms with Crippen LogP contribution in [-0.4, -0.2) is 31.9 Å². The van der Waals surface area contributed by atoms with Gasteiger partial charge in [0.05, 0.1) is 25.4 Å². The van der Waals surface area contributed by atoms with Crippen LogP contribution in [0, 0.1) is 0 Å². The molecule has 0 bridgehead atoms. The molecule has 0 unspecified atom stereocenters. The molecular formula is C33H54O5. The second-order valence-corrected chi connectivity index (χ2v) is 10.6. The van der Waals surface area contributed by atoms with Gasteiger partial charge in [-0.05, 0) is 51.0 Å². The normalized spacial score (nSPS) is 14.1. The fourth-order valence-electron chi connectivity index (χ4n) is 4.74. The first-order chi connectivity index (χ1) is 18.7. The van der Waals surface area contributed by atoms with Crippen molar-refractivity contribution in [2.75, 3.05) is 19.8 Å². The van der Waals surface area contributed by atoms with Gasteiger partial charge in [-0.15, -0.1) is 0 Å². The van der Waals surface area contributed by atoms with E-state index in [9.17, 15) is 4.79 Å². The quantitative estimate of drug-likeness (QED) is 0.0900. The lowest BCUT2D eigenvalue weighted by atomic mass is 9.98. The zero-order valence-corrected chi connectivity index (χ0v) is 24.6. The third-order valence-corrected chi connectivity index (χ3v) is 7.08. The summed E-state index contributed by atoms with van der Waals surface area (Å²) in [5, 5.41) is 0. The summed E-state index contributed by atoms with van der Waals surface area (Å²) in [6, 6.07) is 3.91. The van der Waals surface area contributed by atoms with Gasteiger partial charge in [0.1, 0.15) is 23.4 Å². The zero-order valence-electron chi connectivity index (χ0n) is 24.6. The number of carbonyl (C=O) groups is 1. The van der Waals surface area contributed by atoms with Gasteiger partial charge in [-0.2, -0.15) is 0 Å². The van der Waals surface area contributed by atoms with Crippen LogP contribution in [0.4, 0.5) is 0 Å². The topological polar surface area (TPSA) is 54.0 Å². The molecule has 2 rings (SSSR count). The van der Waals surface area contributed by atoms with E-state index in [-0.39, 0.29) is 12.1 Å². The lowest BCUT2D eigenvalue weighted by molar-refractivity contribution is -0.144. The Labute approximate surface area is 232 Å². The Bertz CT molecular complexity index is 747. The average molecular weight is 531 g/mol. The summed E-state index contributed by atoms with van der Waals surface area (Å²) in [6.07, 6.45) is 22.5. The third-order valence-electron chi connectivity index (χ3n) is 7.08. The maximum absolute atomic E-state index is 12.7. The molecule has 1 aliphatic carbocycles. The highest BCUT2D eigenvalue weighted by Crippen LogP contribution is 2.36. The van der Waals surface area contributed by atoms with Crippen LogP contribution < -0.4 is 14.2 Å². The Morgan fingerprint density at radius 3 is 1.71 bits per heavy atom. The number of hydrogen-bond donors (Lipinski definition) is 0. The summed E-state index contributed by atoms with van der Waals surface area (Å²) >= 11 is 0. The number of benzene rings is 1. The summed E-state index contributed by atoms with van der Waals surface area (Å²) < 4.78 is 24.4. The Hall–Kier alpha value is -2.17. The second kappa shape index (κ2) is 20.7. The number of unbranched alkanes of at least 4 members (excludes halogenated alkanes) is 9.